The Morgan fingerprint density at radius 3 is 0.701 bits per heavy atom. The molecule has 0 aromatic heterocycles. The van der Waals surface area contributed by atoms with Gasteiger partial charge < -0.3 is 33.8 Å². The Balaban J connectivity index is 5.18. The fourth-order valence-electron chi connectivity index (χ4n) is 12.1. The molecule has 97 heavy (non-hydrogen) atoms. The first kappa shape index (κ1) is 95.1. The third-order valence-electron chi connectivity index (χ3n) is 18.3. The molecule has 0 saturated carbocycles. The van der Waals surface area contributed by atoms with Crippen LogP contribution in [0.3, 0.4) is 0 Å². The summed E-state index contributed by atoms with van der Waals surface area (Å²) in [6.07, 6.45) is 61.1. The van der Waals surface area contributed by atoms with Crippen molar-refractivity contribution in [2.24, 2.45) is 5.92 Å². The summed E-state index contributed by atoms with van der Waals surface area (Å²) in [4.78, 5) is 72.8. The lowest BCUT2D eigenvalue weighted by Gasteiger charge is -2.21. The van der Waals surface area contributed by atoms with Crippen molar-refractivity contribution in [3.05, 3.63) is 0 Å². The monoisotopic (exact) mass is 1420 g/mol. The molecule has 0 heterocycles. The Morgan fingerprint density at radius 1 is 0.278 bits per heavy atom. The zero-order valence-electron chi connectivity index (χ0n) is 63.2. The Bertz CT molecular complexity index is 1860. The largest absolute Gasteiger partial charge is 0.472 e. The van der Waals surface area contributed by atoms with Gasteiger partial charge in [-0.2, -0.15) is 0 Å². The summed E-state index contributed by atoms with van der Waals surface area (Å²) in [5.74, 6) is -1.31. The average molecular weight is 1420 g/mol. The minimum atomic E-state index is -4.96. The van der Waals surface area contributed by atoms with E-state index in [0.29, 0.717) is 25.7 Å². The van der Waals surface area contributed by atoms with Gasteiger partial charge in [-0.3, -0.25) is 37.3 Å². The lowest BCUT2D eigenvalue weighted by Crippen LogP contribution is -2.30. The van der Waals surface area contributed by atoms with Crippen LogP contribution in [0.25, 0.3) is 0 Å². The maximum Gasteiger partial charge on any atom is 0.472 e. The molecule has 0 amide bonds. The van der Waals surface area contributed by atoms with Gasteiger partial charge >= 0.3 is 39.5 Å². The minimum absolute atomic E-state index is 0.108. The first-order valence-corrected chi connectivity index (χ1v) is 43.6. The van der Waals surface area contributed by atoms with E-state index in [0.717, 1.165) is 109 Å². The number of aliphatic hydroxyl groups is 1. The van der Waals surface area contributed by atoms with Crippen LogP contribution in [-0.4, -0.2) is 96.7 Å². The highest BCUT2D eigenvalue weighted by molar-refractivity contribution is 7.47. The zero-order chi connectivity index (χ0) is 71.2. The summed E-state index contributed by atoms with van der Waals surface area (Å²) < 4.78 is 68.5. The van der Waals surface area contributed by atoms with Gasteiger partial charge in [-0.1, -0.05) is 362 Å². The highest BCUT2D eigenvalue weighted by Gasteiger charge is 2.30. The molecule has 0 aliphatic rings. The van der Waals surface area contributed by atoms with E-state index in [2.05, 4.69) is 34.6 Å². The van der Waals surface area contributed by atoms with Gasteiger partial charge in [0.15, 0.2) is 12.2 Å². The first-order chi connectivity index (χ1) is 47.0. The van der Waals surface area contributed by atoms with Crippen LogP contribution in [0.15, 0.2) is 0 Å². The Morgan fingerprint density at radius 2 is 0.474 bits per heavy atom. The number of ether oxygens (including phenoxy) is 4. The lowest BCUT2D eigenvalue weighted by molar-refractivity contribution is -0.161. The predicted molar refractivity (Wildman–Crippen MR) is 395 cm³/mol. The number of hydrogen-bond acceptors (Lipinski definition) is 15. The van der Waals surface area contributed by atoms with E-state index < -0.39 is 97.5 Å². The van der Waals surface area contributed by atoms with Crippen LogP contribution in [0.4, 0.5) is 0 Å². The highest BCUT2D eigenvalue weighted by Crippen LogP contribution is 2.45. The standard InChI is InChI=1S/C78H152O17P2/c1-6-9-12-15-18-20-22-24-26-30-34-38-42-47-52-57-62-76(81)89-68-74(95-78(83)64-59-54-49-44-40-36-32-28-29-33-37-41-46-50-55-60-71(4)5)70-93-97(86,87)91-66-72(79)65-90-96(84,85)92-69-73(67-88-75(80)61-56-51-45-17-14-11-8-3)94-77(82)63-58-53-48-43-39-35-31-27-25-23-21-19-16-13-10-7-2/h71-74,79H,6-70H2,1-5H3,(H,84,85)(H,86,87)/t72-,73+,74+/m0/s1. The number of phosphoric ester groups is 2. The van der Waals surface area contributed by atoms with Crippen molar-refractivity contribution in [2.45, 2.75) is 432 Å². The fraction of sp³-hybridized carbons (Fsp3) is 0.949. The van der Waals surface area contributed by atoms with Gasteiger partial charge in [0.1, 0.15) is 19.3 Å². The molecule has 3 N–H and O–H groups in total. The third kappa shape index (κ3) is 72.2. The molecule has 0 aliphatic heterocycles. The smallest absolute Gasteiger partial charge is 0.462 e. The molecular weight excluding hydrogens is 1270 g/mol. The molecule has 5 atom stereocenters. The molecule has 19 heteroatoms. The molecule has 0 spiro atoms. The van der Waals surface area contributed by atoms with Crippen LogP contribution < -0.4 is 0 Å². The Labute approximate surface area is 594 Å². The predicted octanol–water partition coefficient (Wildman–Crippen LogP) is 23.3. The van der Waals surface area contributed by atoms with Gasteiger partial charge in [-0.25, -0.2) is 9.13 Å². The summed E-state index contributed by atoms with van der Waals surface area (Å²) in [5, 5.41) is 10.6. The van der Waals surface area contributed by atoms with Crippen LogP contribution in [-0.2, 0) is 65.4 Å². The second-order valence-corrected chi connectivity index (χ2v) is 31.5. The van der Waals surface area contributed by atoms with E-state index >= 15 is 0 Å². The SMILES string of the molecule is CCCCCCCCCCCCCCCCCCC(=O)OC[C@H](COP(=O)(O)OC[C@@H](O)COP(=O)(O)OC[C@@H](COC(=O)CCCCCCCCC)OC(=O)CCCCCCCCCCCCCCCCCC)OC(=O)CCCCCCCCCCCCCCCCCC(C)C. The van der Waals surface area contributed by atoms with Gasteiger partial charge in [0.25, 0.3) is 0 Å². The molecule has 0 aromatic carbocycles. The van der Waals surface area contributed by atoms with Crippen LogP contribution in [0.5, 0.6) is 0 Å². The quantitative estimate of drug-likeness (QED) is 0.0222. The Kier molecular flexibility index (Phi) is 69.6. The van der Waals surface area contributed by atoms with E-state index in [1.807, 2.05) is 0 Å². The number of esters is 4. The number of unbranched alkanes of at least 4 members (excludes halogenated alkanes) is 50. The summed E-state index contributed by atoms with van der Waals surface area (Å²) >= 11 is 0. The average Bonchev–Trinajstić information content (AvgIpc) is 3.39. The third-order valence-corrected chi connectivity index (χ3v) is 20.2. The van der Waals surface area contributed by atoms with E-state index in [-0.39, 0.29) is 25.7 Å². The van der Waals surface area contributed by atoms with Crippen LogP contribution in [0.2, 0.25) is 0 Å². The van der Waals surface area contributed by atoms with Gasteiger partial charge in [-0.05, 0) is 31.6 Å². The fourth-order valence-corrected chi connectivity index (χ4v) is 13.6. The first-order valence-electron chi connectivity index (χ1n) is 40.6. The lowest BCUT2D eigenvalue weighted by atomic mass is 10.0. The number of carbonyl (C=O) groups is 4. The van der Waals surface area contributed by atoms with E-state index in [4.69, 9.17) is 37.0 Å². The molecule has 17 nitrogen and oxygen atoms in total. The van der Waals surface area contributed by atoms with Crippen LogP contribution >= 0.6 is 15.6 Å². The second kappa shape index (κ2) is 71.1. The van der Waals surface area contributed by atoms with Crippen molar-refractivity contribution in [1.82, 2.24) is 0 Å². The number of aliphatic hydroxyl groups excluding tert-OH is 1. The molecular formula is C78H152O17P2. The van der Waals surface area contributed by atoms with Crippen molar-refractivity contribution >= 4 is 39.5 Å². The van der Waals surface area contributed by atoms with Crippen molar-refractivity contribution in [3.8, 4) is 0 Å². The Hall–Kier alpha value is -1.94. The van der Waals surface area contributed by atoms with E-state index in [1.54, 1.807) is 0 Å². The van der Waals surface area contributed by atoms with Crippen molar-refractivity contribution in [3.63, 3.8) is 0 Å². The summed E-state index contributed by atoms with van der Waals surface area (Å²) in [6.45, 7) is 7.30. The van der Waals surface area contributed by atoms with Gasteiger partial charge in [0, 0.05) is 25.7 Å². The molecule has 0 aliphatic carbocycles. The van der Waals surface area contributed by atoms with Crippen molar-refractivity contribution in [2.75, 3.05) is 39.6 Å². The molecule has 0 rings (SSSR count). The van der Waals surface area contributed by atoms with Crippen molar-refractivity contribution < 1.29 is 80.2 Å². The van der Waals surface area contributed by atoms with E-state index in [9.17, 15) is 43.2 Å². The summed E-state index contributed by atoms with van der Waals surface area (Å²) in [6, 6.07) is 0. The topological polar surface area (TPSA) is 237 Å². The molecule has 0 aromatic rings. The molecule has 576 valence electrons. The number of rotatable bonds is 78. The van der Waals surface area contributed by atoms with E-state index in [1.165, 1.54) is 225 Å². The highest BCUT2D eigenvalue weighted by atomic mass is 31.2. The molecule has 0 saturated heterocycles. The molecule has 0 bridgehead atoms. The van der Waals surface area contributed by atoms with Gasteiger partial charge in [0.2, 0.25) is 0 Å². The number of carbonyl (C=O) groups excluding carboxylic acids is 4. The van der Waals surface area contributed by atoms with Gasteiger partial charge in [0.05, 0.1) is 26.4 Å². The number of hydrogen-bond donors (Lipinski definition) is 3. The second-order valence-electron chi connectivity index (χ2n) is 28.6. The number of phosphoric acid groups is 2. The summed E-state index contributed by atoms with van der Waals surface area (Å²) in [5.41, 5.74) is 0. The summed E-state index contributed by atoms with van der Waals surface area (Å²) in [7, 11) is -9.91. The zero-order valence-corrected chi connectivity index (χ0v) is 65.0. The molecule has 0 radical (unpaired) electrons. The molecule has 2 unspecified atom stereocenters. The minimum Gasteiger partial charge on any atom is -0.462 e. The maximum atomic E-state index is 13.1. The van der Waals surface area contributed by atoms with Crippen molar-refractivity contribution in [1.29, 1.82) is 0 Å². The molecule has 0 fully saturated rings. The van der Waals surface area contributed by atoms with Crippen LogP contribution in [0, 0.1) is 5.92 Å². The van der Waals surface area contributed by atoms with Gasteiger partial charge in [-0.15, -0.1) is 0 Å². The maximum absolute atomic E-state index is 13.1. The van der Waals surface area contributed by atoms with Crippen LogP contribution in [0.1, 0.15) is 413 Å². The normalized spacial score (nSPS) is 13.9.